The van der Waals surface area contributed by atoms with Gasteiger partial charge in [0.05, 0.1) is 0 Å². The third-order valence-corrected chi connectivity index (χ3v) is 3.64. The molecule has 0 N–H and O–H groups in total. The monoisotopic (exact) mass is 239 g/mol. The van der Waals surface area contributed by atoms with Gasteiger partial charge in [-0.1, -0.05) is 64.4 Å². The Kier molecular flexibility index (Phi) is 12.0. The van der Waals surface area contributed by atoms with Crippen molar-refractivity contribution < 1.29 is 0 Å². The van der Waals surface area contributed by atoms with Gasteiger partial charge in [-0.25, -0.2) is 0 Å². The molecule has 0 aliphatic carbocycles. The van der Waals surface area contributed by atoms with Crippen LogP contribution in [-0.2, 0) is 0 Å². The van der Waals surface area contributed by atoms with Gasteiger partial charge in [0, 0.05) is 12.6 Å². The highest BCUT2D eigenvalue weighted by Gasteiger charge is 2.06. The van der Waals surface area contributed by atoms with E-state index in [9.17, 15) is 0 Å². The molecule has 0 rings (SSSR count). The van der Waals surface area contributed by atoms with Crippen LogP contribution in [0.25, 0.3) is 0 Å². The summed E-state index contributed by atoms with van der Waals surface area (Å²) in [6.45, 7) is 9.40. The van der Waals surface area contributed by atoms with Crippen LogP contribution in [0, 0.1) is 0 Å². The summed E-state index contributed by atoms with van der Waals surface area (Å²) in [4.78, 5) is 2.38. The Morgan fingerprint density at radius 1 is 1.00 bits per heavy atom. The van der Waals surface area contributed by atoms with Gasteiger partial charge in [-0.2, -0.15) is 0 Å². The first-order chi connectivity index (χ1) is 8.22. The highest BCUT2D eigenvalue weighted by Crippen LogP contribution is 2.12. The van der Waals surface area contributed by atoms with Gasteiger partial charge in [0.1, 0.15) is 0 Å². The number of hydrogen-bond acceptors (Lipinski definition) is 1. The van der Waals surface area contributed by atoms with Crippen molar-refractivity contribution in [2.75, 3.05) is 13.6 Å². The molecule has 0 aromatic carbocycles. The predicted molar refractivity (Wildman–Crippen MR) is 79.5 cm³/mol. The zero-order valence-electron chi connectivity index (χ0n) is 12.4. The average molecular weight is 239 g/mol. The number of hydrogen-bond donors (Lipinski definition) is 0. The lowest BCUT2D eigenvalue weighted by atomic mass is 10.0. The number of nitrogens with zero attached hydrogens (tertiary/aromatic N) is 1. The third-order valence-electron chi connectivity index (χ3n) is 3.64. The first kappa shape index (κ1) is 16.7. The summed E-state index contributed by atoms with van der Waals surface area (Å²) >= 11 is 0. The molecule has 1 unspecified atom stereocenters. The molecule has 17 heavy (non-hydrogen) atoms. The van der Waals surface area contributed by atoms with Crippen molar-refractivity contribution in [1.29, 1.82) is 0 Å². The third kappa shape index (κ3) is 10.6. The topological polar surface area (TPSA) is 3.24 Å². The maximum atomic E-state index is 3.79. The molecular weight excluding hydrogens is 206 g/mol. The van der Waals surface area contributed by atoms with E-state index in [1.807, 2.05) is 6.08 Å². The van der Waals surface area contributed by atoms with Gasteiger partial charge in [-0.3, -0.25) is 0 Å². The van der Waals surface area contributed by atoms with Crippen LogP contribution in [0.15, 0.2) is 12.7 Å². The van der Waals surface area contributed by atoms with E-state index < -0.39 is 0 Å². The minimum Gasteiger partial charge on any atom is -0.300 e. The normalized spacial score (nSPS) is 12.9. The Hall–Kier alpha value is -0.300. The number of unbranched alkanes of at least 4 members (excludes halogenated alkanes) is 7. The van der Waals surface area contributed by atoms with Gasteiger partial charge >= 0.3 is 0 Å². The zero-order chi connectivity index (χ0) is 12.9. The smallest absolute Gasteiger partial charge is 0.0160 e. The van der Waals surface area contributed by atoms with Crippen molar-refractivity contribution in [1.82, 2.24) is 4.90 Å². The van der Waals surface area contributed by atoms with Crippen LogP contribution < -0.4 is 0 Å². The Labute approximate surface area is 109 Å². The fraction of sp³-hybridized carbons (Fsp3) is 0.875. The molecule has 0 amide bonds. The van der Waals surface area contributed by atoms with Gasteiger partial charge in [-0.05, 0) is 20.4 Å². The second-order valence-electron chi connectivity index (χ2n) is 5.34. The van der Waals surface area contributed by atoms with Crippen LogP contribution in [0.2, 0.25) is 0 Å². The number of likely N-dealkylation sites (N-methyl/N-ethyl adjacent to an activating group) is 1. The van der Waals surface area contributed by atoms with Crippen LogP contribution >= 0.6 is 0 Å². The molecule has 0 aromatic rings. The van der Waals surface area contributed by atoms with Crippen molar-refractivity contribution in [3.05, 3.63) is 12.7 Å². The summed E-state index contributed by atoms with van der Waals surface area (Å²) in [5.74, 6) is 0. The highest BCUT2D eigenvalue weighted by atomic mass is 15.1. The van der Waals surface area contributed by atoms with E-state index in [2.05, 4.69) is 32.4 Å². The van der Waals surface area contributed by atoms with Crippen LogP contribution in [0.5, 0.6) is 0 Å². The van der Waals surface area contributed by atoms with Gasteiger partial charge < -0.3 is 4.90 Å². The first-order valence-corrected chi connectivity index (χ1v) is 7.53. The van der Waals surface area contributed by atoms with Crippen LogP contribution in [0.3, 0.4) is 0 Å². The lowest BCUT2D eigenvalue weighted by molar-refractivity contribution is 0.265. The molecule has 0 radical (unpaired) electrons. The lowest BCUT2D eigenvalue weighted by Gasteiger charge is -2.23. The maximum Gasteiger partial charge on any atom is 0.0160 e. The quantitative estimate of drug-likeness (QED) is 0.341. The second-order valence-corrected chi connectivity index (χ2v) is 5.34. The molecule has 0 spiro atoms. The van der Waals surface area contributed by atoms with E-state index in [1.165, 1.54) is 57.8 Å². The molecule has 0 aromatic heterocycles. The SMILES string of the molecule is C=CCN(C)C(C)CCCCCCCCCC. The van der Waals surface area contributed by atoms with Crippen LogP contribution in [0.4, 0.5) is 0 Å². The van der Waals surface area contributed by atoms with Crippen molar-refractivity contribution in [2.24, 2.45) is 0 Å². The lowest BCUT2D eigenvalue weighted by Crippen LogP contribution is -2.28. The van der Waals surface area contributed by atoms with Crippen molar-refractivity contribution in [2.45, 2.75) is 77.7 Å². The van der Waals surface area contributed by atoms with Crippen LogP contribution in [-0.4, -0.2) is 24.5 Å². The molecule has 0 bridgehead atoms. The van der Waals surface area contributed by atoms with Gasteiger partial charge in [0.25, 0.3) is 0 Å². The molecule has 0 saturated carbocycles. The summed E-state index contributed by atoms with van der Waals surface area (Å²) in [6, 6.07) is 0.702. The molecule has 1 atom stereocenters. The Bertz CT molecular complexity index is 165. The zero-order valence-corrected chi connectivity index (χ0v) is 12.4. The molecule has 0 aliphatic rings. The summed E-state index contributed by atoms with van der Waals surface area (Å²) in [5, 5.41) is 0. The van der Waals surface area contributed by atoms with Crippen molar-refractivity contribution in [3.8, 4) is 0 Å². The van der Waals surface area contributed by atoms with Gasteiger partial charge in [0.15, 0.2) is 0 Å². The molecule has 0 saturated heterocycles. The fourth-order valence-electron chi connectivity index (χ4n) is 2.18. The van der Waals surface area contributed by atoms with Crippen molar-refractivity contribution in [3.63, 3.8) is 0 Å². The average Bonchev–Trinajstić information content (AvgIpc) is 2.32. The summed E-state index contributed by atoms with van der Waals surface area (Å²) in [6.07, 6.45) is 14.7. The molecule has 102 valence electrons. The molecule has 0 fully saturated rings. The summed E-state index contributed by atoms with van der Waals surface area (Å²) < 4.78 is 0. The van der Waals surface area contributed by atoms with E-state index in [4.69, 9.17) is 0 Å². The molecule has 0 heterocycles. The Morgan fingerprint density at radius 2 is 1.53 bits per heavy atom. The standard InChI is InChI=1S/C16H33N/c1-5-7-8-9-10-11-12-13-14-16(3)17(4)15-6-2/h6,16H,2,5,7-15H2,1,3-4H3. The van der Waals surface area contributed by atoms with E-state index in [0.717, 1.165) is 6.54 Å². The predicted octanol–water partition coefficient (Wildman–Crippen LogP) is 5.02. The Morgan fingerprint density at radius 3 is 2.06 bits per heavy atom. The van der Waals surface area contributed by atoms with Crippen molar-refractivity contribution >= 4 is 0 Å². The first-order valence-electron chi connectivity index (χ1n) is 7.53. The summed E-state index contributed by atoms with van der Waals surface area (Å²) in [7, 11) is 2.19. The van der Waals surface area contributed by atoms with Crippen LogP contribution in [0.1, 0.15) is 71.6 Å². The minimum absolute atomic E-state index is 0.702. The van der Waals surface area contributed by atoms with E-state index in [0.29, 0.717) is 6.04 Å². The molecule has 1 nitrogen and oxygen atoms in total. The fourth-order valence-corrected chi connectivity index (χ4v) is 2.18. The van der Waals surface area contributed by atoms with E-state index >= 15 is 0 Å². The van der Waals surface area contributed by atoms with E-state index in [-0.39, 0.29) is 0 Å². The second kappa shape index (κ2) is 12.2. The molecule has 1 heteroatoms. The largest absolute Gasteiger partial charge is 0.300 e. The maximum absolute atomic E-state index is 3.79. The summed E-state index contributed by atoms with van der Waals surface area (Å²) in [5.41, 5.74) is 0. The highest BCUT2D eigenvalue weighted by molar-refractivity contribution is 4.74. The van der Waals surface area contributed by atoms with Gasteiger partial charge in [-0.15, -0.1) is 6.58 Å². The number of rotatable bonds is 12. The van der Waals surface area contributed by atoms with Gasteiger partial charge in [0.2, 0.25) is 0 Å². The molecule has 0 aliphatic heterocycles. The van der Waals surface area contributed by atoms with E-state index in [1.54, 1.807) is 0 Å². The molecular formula is C16H33N. The Balaban J connectivity index is 3.24. The minimum atomic E-state index is 0.702.